The van der Waals surface area contributed by atoms with E-state index in [0.29, 0.717) is 0 Å². The number of hydrogen-bond acceptors (Lipinski definition) is 0. The molecule has 5 rings (SSSR count). The molecular weight excluding hydrogens is 324 g/mol. The summed E-state index contributed by atoms with van der Waals surface area (Å²) in [7, 11) is 0. The largest absolute Gasteiger partial charge is 0.0622 e. The van der Waals surface area contributed by atoms with Crippen LogP contribution in [0, 0.1) is 13.8 Å². The van der Waals surface area contributed by atoms with Crippen LogP contribution in [0.1, 0.15) is 22.3 Å². The third-order valence-corrected chi connectivity index (χ3v) is 5.97. The van der Waals surface area contributed by atoms with Crippen LogP contribution in [0.2, 0.25) is 0 Å². The zero-order valence-corrected chi connectivity index (χ0v) is 15.8. The molecule has 0 saturated carbocycles. The first-order valence-electron chi connectivity index (χ1n) is 9.61. The monoisotopic (exact) mass is 346 g/mol. The quantitative estimate of drug-likeness (QED) is 0.317. The zero-order valence-electron chi connectivity index (χ0n) is 15.8. The standard InChI is InChI=1S/C27H22/c1-18-19(2)25(20-11-5-3-6-12-20)26(21-13-7-4-8-14-21)27-23-16-10-9-15-22(23)17-24(18)27/h3-16H,17H2,1-2H3. The molecule has 4 aromatic rings. The second kappa shape index (κ2) is 6.25. The normalized spacial score (nSPS) is 11.9. The van der Waals surface area contributed by atoms with Gasteiger partial charge in [0.2, 0.25) is 0 Å². The van der Waals surface area contributed by atoms with Gasteiger partial charge >= 0.3 is 0 Å². The second-order valence-electron chi connectivity index (χ2n) is 7.42. The van der Waals surface area contributed by atoms with Crippen molar-refractivity contribution in [1.82, 2.24) is 0 Å². The molecule has 0 fully saturated rings. The number of hydrogen-bond donors (Lipinski definition) is 0. The van der Waals surface area contributed by atoms with Gasteiger partial charge in [-0.25, -0.2) is 0 Å². The molecule has 0 aromatic heterocycles. The van der Waals surface area contributed by atoms with Crippen LogP contribution in [0.4, 0.5) is 0 Å². The van der Waals surface area contributed by atoms with Crippen LogP contribution in [-0.4, -0.2) is 0 Å². The summed E-state index contributed by atoms with van der Waals surface area (Å²) in [5, 5.41) is 0. The van der Waals surface area contributed by atoms with Gasteiger partial charge in [0.15, 0.2) is 0 Å². The predicted octanol–water partition coefficient (Wildman–Crippen LogP) is 7.21. The minimum absolute atomic E-state index is 1.03. The van der Waals surface area contributed by atoms with Gasteiger partial charge in [-0.05, 0) is 75.9 Å². The predicted molar refractivity (Wildman–Crippen MR) is 115 cm³/mol. The fourth-order valence-electron chi connectivity index (χ4n) is 4.55. The minimum Gasteiger partial charge on any atom is -0.0622 e. The molecule has 0 radical (unpaired) electrons. The molecule has 0 bridgehead atoms. The van der Waals surface area contributed by atoms with E-state index < -0.39 is 0 Å². The number of fused-ring (bicyclic) bond motifs is 3. The Balaban J connectivity index is 1.95. The summed E-state index contributed by atoms with van der Waals surface area (Å²) in [6.45, 7) is 4.58. The van der Waals surface area contributed by atoms with Crippen molar-refractivity contribution in [2.75, 3.05) is 0 Å². The molecule has 0 heterocycles. The van der Waals surface area contributed by atoms with Crippen molar-refractivity contribution in [2.24, 2.45) is 0 Å². The average Bonchev–Trinajstić information content (AvgIpc) is 3.11. The highest BCUT2D eigenvalue weighted by Crippen LogP contribution is 2.50. The zero-order chi connectivity index (χ0) is 18.4. The molecule has 0 unspecified atom stereocenters. The number of benzene rings is 4. The van der Waals surface area contributed by atoms with Gasteiger partial charge < -0.3 is 0 Å². The molecule has 0 atom stereocenters. The Morgan fingerprint density at radius 3 is 1.74 bits per heavy atom. The Labute approximate surface area is 161 Å². The molecule has 1 aliphatic rings. The van der Waals surface area contributed by atoms with Crippen molar-refractivity contribution >= 4 is 0 Å². The summed E-state index contributed by atoms with van der Waals surface area (Å²) < 4.78 is 0. The average molecular weight is 346 g/mol. The molecule has 0 N–H and O–H groups in total. The first-order chi connectivity index (χ1) is 13.3. The van der Waals surface area contributed by atoms with Gasteiger partial charge in [0.05, 0.1) is 0 Å². The summed E-state index contributed by atoms with van der Waals surface area (Å²) in [4.78, 5) is 0. The fourth-order valence-corrected chi connectivity index (χ4v) is 4.55. The van der Waals surface area contributed by atoms with E-state index in [-0.39, 0.29) is 0 Å². The van der Waals surface area contributed by atoms with Gasteiger partial charge in [-0.1, -0.05) is 84.9 Å². The Morgan fingerprint density at radius 2 is 1.07 bits per heavy atom. The SMILES string of the molecule is Cc1c(C)c(-c2ccccc2)c(-c2ccccc2)c2c1Cc1ccccc1-2. The Kier molecular flexibility index (Phi) is 3.72. The lowest BCUT2D eigenvalue weighted by Gasteiger charge is -2.22. The van der Waals surface area contributed by atoms with E-state index in [1.165, 1.54) is 55.6 Å². The summed E-state index contributed by atoms with van der Waals surface area (Å²) in [5.74, 6) is 0. The highest BCUT2D eigenvalue weighted by molar-refractivity contribution is 6.00. The molecule has 0 amide bonds. The van der Waals surface area contributed by atoms with Crippen LogP contribution in [0.3, 0.4) is 0 Å². The Bertz CT molecular complexity index is 1130. The lowest BCUT2D eigenvalue weighted by Crippen LogP contribution is -1.99. The van der Waals surface area contributed by atoms with Crippen LogP contribution in [0.5, 0.6) is 0 Å². The van der Waals surface area contributed by atoms with Gasteiger partial charge in [0.25, 0.3) is 0 Å². The van der Waals surface area contributed by atoms with E-state index in [1.54, 1.807) is 0 Å². The van der Waals surface area contributed by atoms with Crippen molar-refractivity contribution in [3.63, 3.8) is 0 Å². The minimum atomic E-state index is 1.03. The third kappa shape index (κ3) is 2.44. The maximum absolute atomic E-state index is 2.29. The maximum Gasteiger partial charge on any atom is -0.00105 e. The van der Waals surface area contributed by atoms with Crippen molar-refractivity contribution in [2.45, 2.75) is 20.3 Å². The summed E-state index contributed by atoms with van der Waals surface area (Å²) in [6, 6.07) is 30.6. The molecule has 27 heavy (non-hydrogen) atoms. The van der Waals surface area contributed by atoms with Gasteiger partial charge in [0.1, 0.15) is 0 Å². The molecule has 1 aliphatic carbocycles. The van der Waals surface area contributed by atoms with Crippen LogP contribution in [0.15, 0.2) is 84.9 Å². The molecular formula is C27H22. The lowest BCUT2D eigenvalue weighted by atomic mass is 9.82. The highest BCUT2D eigenvalue weighted by Gasteiger charge is 2.28. The summed E-state index contributed by atoms with van der Waals surface area (Å²) in [6.07, 6.45) is 1.03. The van der Waals surface area contributed by atoms with Gasteiger partial charge in [-0.3, -0.25) is 0 Å². The highest BCUT2D eigenvalue weighted by atomic mass is 14.3. The van der Waals surface area contributed by atoms with E-state index in [0.717, 1.165) is 6.42 Å². The Morgan fingerprint density at radius 1 is 0.519 bits per heavy atom. The fraction of sp³-hybridized carbons (Fsp3) is 0.111. The Hall–Kier alpha value is -3.12. The summed E-state index contributed by atoms with van der Waals surface area (Å²) >= 11 is 0. The molecule has 0 nitrogen and oxygen atoms in total. The van der Waals surface area contributed by atoms with Crippen LogP contribution in [0.25, 0.3) is 33.4 Å². The van der Waals surface area contributed by atoms with Crippen molar-refractivity contribution < 1.29 is 0 Å². The topological polar surface area (TPSA) is 0 Å². The maximum atomic E-state index is 2.29. The number of rotatable bonds is 2. The van der Waals surface area contributed by atoms with Gasteiger partial charge in [0, 0.05) is 0 Å². The second-order valence-corrected chi connectivity index (χ2v) is 7.42. The third-order valence-electron chi connectivity index (χ3n) is 5.97. The van der Waals surface area contributed by atoms with E-state index >= 15 is 0 Å². The van der Waals surface area contributed by atoms with Crippen LogP contribution < -0.4 is 0 Å². The van der Waals surface area contributed by atoms with Crippen molar-refractivity contribution in [3.05, 3.63) is 107 Å². The van der Waals surface area contributed by atoms with E-state index in [1.807, 2.05) is 0 Å². The van der Waals surface area contributed by atoms with Gasteiger partial charge in [-0.15, -0.1) is 0 Å². The summed E-state index contributed by atoms with van der Waals surface area (Å²) in [5.41, 5.74) is 13.9. The molecule has 0 heteroatoms. The first kappa shape index (κ1) is 16.1. The molecule has 130 valence electrons. The van der Waals surface area contributed by atoms with E-state index in [4.69, 9.17) is 0 Å². The van der Waals surface area contributed by atoms with E-state index in [9.17, 15) is 0 Å². The van der Waals surface area contributed by atoms with Crippen LogP contribution >= 0.6 is 0 Å². The molecule has 0 saturated heterocycles. The lowest BCUT2D eigenvalue weighted by molar-refractivity contribution is 1.19. The first-order valence-corrected chi connectivity index (χ1v) is 9.61. The van der Waals surface area contributed by atoms with E-state index in [2.05, 4.69) is 98.8 Å². The molecule has 0 aliphatic heterocycles. The van der Waals surface area contributed by atoms with Gasteiger partial charge in [-0.2, -0.15) is 0 Å². The smallest absolute Gasteiger partial charge is 0.00105 e. The molecule has 4 aromatic carbocycles. The van der Waals surface area contributed by atoms with Crippen molar-refractivity contribution in [1.29, 1.82) is 0 Å². The van der Waals surface area contributed by atoms with Crippen LogP contribution in [-0.2, 0) is 6.42 Å². The molecule has 0 spiro atoms. The van der Waals surface area contributed by atoms with Crippen molar-refractivity contribution in [3.8, 4) is 33.4 Å².